The molecule has 16 heteroatoms. The molecule has 0 saturated heterocycles. The monoisotopic (exact) mass is 603 g/mol. The number of hydrogen-bond donors (Lipinski definition) is 2. The van der Waals surface area contributed by atoms with Gasteiger partial charge in [0, 0.05) is 18.5 Å². The summed E-state index contributed by atoms with van der Waals surface area (Å²) in [7, 11) is -10.1. The molecule has 2 aromatic rings. The topological polar surface area (TPSA) is 123 Å². The van der Waals surface area contributed by atoms with Crippen molar-refractivity contribution < 1.29 is 33.8 Å². The van der Waals surface area contributed by atoms with E-state index in [1.807, 2.05) is 6.07 Å². The molecule has 0 unspecified atom stereocenters. The summed E-state index contributed by atoms with van der Waals surface area (Å²) < 4.78 is 73.0. The van der Waals surface area contributed by atoms with Crippen LogP contribution in [-0.2, 0) is 19.7 Å². The first-order valence-corrected chi connectivity index (χ1v) is 13.8. The van der Waals surface area contributed by atoms with E-state index < -0.39 is 53.7 Å². The van der Waals surface area contributed by atoms with Gasteiger partial charge in [-0.25, -0.2) is 4.68 Å². The molecular formula is C22H24Cl2F5N5O3S. The van der Waals surface area contributed by atoms with E-state index in [0.717, 1.165) is 4.68 Å². The van der Waals surface area contributed by atoms with Gasteiger partial charge in [-0.2, -0.15) is 10.4 Å². The maximum absolute atomic E-state index is 13.4. The highest BCUT2D eigenvalue weighted by Crippen LogP contribution is 3.02. The van der Waals surface area contributed by atoms with Gasteiger partial charge in [0.1, 0.15) is 28.1 Å². The van der Waals surface area contributed by atoms with E-state index in [2.05, 4.69) is 10.4 Å². The van der Waals surface area contributed by atoms with Gasteiger partial charge in [0.05, 0.1) is 15.5 Å². The zero-order valence-corrected chi connectivity index (χ0v) is 22.7. The Hall–Kier alpha value is -2.76. The Morgan fingerprint density at radius 2 is 1.76 bits per heavy atom. The van der Waals surface area contributed by atoms with E-state index in [4.69, 9.17) is 33.7 Å². The fourth-order valence-corrected chi connectivity index (χ4v) is 5.28. The van der Waals surface area contributed by atoms with Crippen LogP contribution in [0.25, 0.3) is 5.69 Å². The summed E-state index contributed by atoms with van der Waals surface area (Å²) in [6, 6.07) is 1.85. The third kappa shape index (κ3) is 6.27. The first kappa shape index (κ1) is 29.8. The highest BCUT2D eigenvalue weighted by Gasteiger charge is 2.65. The fourth-order valence-electron chi connectivity index (χ4n) is 3.82. The highest BCUT2D eigenvalue weighted by atomic mass is 35.5. The minimum Gasteiger partial charge on any atom is -0.460 e. The van der Waals surface area contributed by atoms with Crippen molar-refractivity contribution in [2.45, 2.75) is 62.4 Å². The van der Waals surface area contributed by atoms with Gasteiger partial charge in [0.2, 0.25) is 5.91 Å². The number of carbonyl (C=O) groups is 2. The molecule has 1 saturated carbocycles. The number of carbonyl (C=O) groups excluding carboxylic acids is 2. The number of benzene rings is 1. The number of amides is 1. The van der Waals surface area contributed by atoms with Crippen LogP contribution in [0.1, 0.15) is 57.7 Å². The predicted octanol–water partition coefficient (Wildman–Crippen LogP) is 6.76. The number of nitrogens with one attached hydrogen (secondary N) is 1. The fraction of sp³-hybridized carbons (Fsp3) is 0.455. The molecule has 1 aromatic carbocycles. The number of aromatic nitrogens is 2. The van der Waals surface area contributed by atoms with Gasteiger partial charge in [0.15, 0.2) is 5.69 Å². The summed E-state index contributed by atoms with van der Waals surface area (Å²) in [6.07, 6.45) is 0.718. The van der Waals surface area contributed by atoms with E-state index in [1.165, 1.54) is 0 Å². The van der Waals surface area contributed by atoms with Crippen LogP contribution < -0.4 is 11.1 Å². The number of nitrogens with two attached hydrogens (primary N) is 1. The molecule has 1 aliphatic rings. The van der Waals surface area contributed by atoms with Crippen LogP contribution in [0.15, 0.2) is 17.0 Å². The van der Waals surface area contributed by atoms with Crippen molar-refractivity contribution in [3.8, 4) is 11.8 Å². The predicted molar refractivity (Wildman–Crippen MR) is 133 cm³/mol. The molecular weight excluding hydrogens is 580 g/mol. The van der Waals surface area contributed by atoms with Gasteiger partial charge in [-0.3, -0.25) is 9.59 Å². The lowest BCUT2D eigenvalue weighted by atomic mass is 9.94. The minimum atomic E-state index is -10.1. The van der Waals surface area contributed by atoms with Gasteiger partial charge in [-0.05, 0) is 52.2 Å². The Bertz CT molecular complexity index is 1340. The molecule has 0 atom stereocenters. The van der Waals surface area contributed by atoms with E-state index in [0.29, 0.717) is 0 Å². The maximum Gasteiger partial charge on any atom is 0.310 e. The molecule has 0 aliphatic heterocycles. The summed E-state index contributed by atoms with van der Waals surface area (Å²) in [5.74, 6) is -1.30. The van der Waals surface area contributed by atoms with E-state index in [9.17, 15) is 34.3 Å². The molecule has 1 fully saturated rings. The van der Waals surface area contributed by atoms with Crippen molar-refractivity contribution in [3.05, 3.63) is 33.4 Å². The highest BCUT2D eigenvalue weighted by molar-refractivity contribution is 8.45. The largest absolute Gasteiger partial charge is 0.460 e. The molecule has 8 nitrogen and oxygen atoms in total. The van der Waals surface area contributed by atoms with Crippen LogP contribution in [0.4, 0.5) is 25.2 Å². The van der Waals surface area contributed by atoms with Crippen LogP contribution in [0.2, 0.25) is 10.0 Å². The van der Waals surface area contributed by atoms with Crippen molar-refractivity contribution in [2.24, 2.45) is 5.73 Å². The number of nitriles is 1. The summed E-state index contributed by atoms with van der Waals surface area (Å²) in [4.78, 5) is 22.0. The van der Waals surface area contributed by atoms with Crippen molar-refractivity contribution in [1.82, 2.24) is 9.78 Å². The third-order valence-electron chi connectivity index (χ3n) is 5.61. The smallest absolute Gasteiger partial charge is 0.310 e. The van der Waals surface area contributed by atoms with Gasteiger partial charge in [-0.15, -0.1) is 0 Å². The lowest BCUT2D eigenvalue weighted by molar-refractivity contribution is -0.154. The zero-order chi connectivity index (χ0) is 29.0. The molecule has 0 bridgehead atoms. The summed E-state index contributed by atoms with van der Waals surface area (Å²) in [5.41, 5.74) is 2.93. The Labute approximate surface area is 224 Å². The van der Waals surface area contributed by atoms with Gasteiger partial charge in [0.25, 0.3) is 0 Å². The number of nitrogens with zero attached hydrogens (tertiary/aromatic N) is 3. The molecule has 3 N–H and O–H groups in total. The number of primary amides is 1. The van der Waals surface area contributed by atoms with Crippen molar-refractivity contribution in [1.29, 1.82) is 5.26 Å². The Morgan fingerprint density at radius 1 is 1.21 bits per heavy atom. The molecule has 0 spiro atoms. The molecule has 210 valence electrons. The van der Waals surface area contributed by atoms with Gasteiger partial charge < -0.3 is 15.8 Å². The standard InChI is InChI=1S/C22H24Cl2F5N5O3S/c1-21(2,3)37-16(35)5-4-8-32-19-17(22(6-7-22)20(31)36)15(11-30)33-34(19)18-13(23)9-12(10-14(18)24)38(25,26,27,28)29/h9-10,32H,4-8H2,1-3H3,(H2,31,36). The second kappa shape index (κ2) is 8.89. The number of halogens is 7. The molecule has 3 rings (SSSR count). The maximum atomic E-state index is 13.4. The molecule has 1 heterocycles. The van der Waals surface area contributed by atoms with Crippen LogP contribution in [0, 0.1) is 11.3 Å². The first-order valence-electron chi connectivity index (χ1n) is 11.1. The lowest BCUT2D eigenvalue weighted by Crippen LogP contribution is -2.30. The summed E-state index contributed by atoms with van der Waals surface area (Å²) in [6.45, 7) is 5.15. The zero-order valence-electron chi connectivity index (χ0n) is 20.4. The number of rotatable bonds is 9. The van der Waals surface area contributed by atoms with Crippen LogP contribution in [0.5, 0.6) is 0 Å². The average Bonchev–Trinajstić information content (AvgIpc) is 3.45. The summed E-state index contributed by atoms with van der Waals surface area (Å²) in [5, 5.41) is 15.0. The molecule has 38 heavy (non-hydrogen) atoms. The quantitative estimate of drug-likeness (QED) is 0.185. The van der Waals surface area contributed by atoms with E-state index in [-0.39, 0.29) is 61.4 Å². The minimum absolute atomic E-state index is 0.0140. The number of hydrogen-bond acceptors (Lipinski definition) is 6. The molecule has 0 radical (unpaired) electrons. The summed E-state index contributed by atoms with van der Waals surface area (Å²) >= 11 is 12.0. The SMILES string of the molecule is CC(C)(C)OC(=O)CCCNc1c(C2(C(N)=O)CC2)c(C#N)nn1-c1c(Cl)cc(S(F)(F)(F)(F)F)cc1Cl. The van der Waals surface area contributed by atoms with Crippen LogP contribution >= 0.6 is 33.4 Å². The van der Waals surface area contributed by atoms with Crippen molar-refractivity contribution in [3.63, 3.8) is 0 Å². The first-order chi connectivity index (χ1) is 17.1. The van der Waals surface area contributed by atoms with Crippen LogP contribution in [0.3, 0.4) is 0 Å². The Kier molecular flexibility index (Phi) is 6.97. The molecule has 1 aromatic heterocycles. The molecule has 1 aliphatic carbocycles. The second-order valence-corrected chi connectivity index (χ2v) is 13.1. The Morgan fingerprint density at radius 3 is 2.18 bits per heavy atom. The normalized spacial score (nSPS) is 16.7. The average molecular weight is 604 g/mol. The lowest BCUT2D eigenvalue weighted by Gasteiger charge is -2.40. The molecule has 1 amide bonds. The number of esters is 1. The third-order valence-corrected chi connectivity index (χ3v) is 7.31. The van der Waals surface area contributed by atoms with E-state index >= 15 is 0 Å². The van der Waals surface area contributed by atoms with Crippen LogP contribution in [-0.4, -0.2) is 33.8 Å². The number of ether oxygens (including phenoxy) is 1. The second-order valence-electron chi connectivity index (χ2n) is 9.86. The Balaban J connectivity index is 2.09. The van der Waals surface area contributed by atoms with E-state index in [1.54, 1.807) is 20.8 Å². The van der Waals surface area contributed by atoms with Crippen molar-refractivity contribution >= 4 is 51.1 Å². The van der Waals surface area contributed by atoms with Crippen molar-refractivity contribution in [2.75, 3.05) is 11.9 Å². The number of anilines is 1. The van der Waals surface area contributed by atoms with Gasteiger partial charge >= 0.3 is 16.2 Å². The van der Waals surface area contributed by atoms with Gasteiger partial charge in [-0.1, -0.05) is 42.6 Å².